The maximum absolute atomic E-state index is 12.6. The molecule has 10 heteroatoms. The van der Waals surface area contributed by atoms with E-state index in [9.17, 15) is 4.79 Å². The van der Waals surface area contributed by atoms with Crippen molar-refractivity contribution < 1.29 is 14.3 Å². The normalized spacial score (nSPS) is 18.0. The number of ether oxygens (including phenoxy) is 2. The summed E-state index contributed by atoms with van der Waals surface area (Å²) in [4.78, 5) is 25.4. The van der Waals surface area contributed by atoms with Gasteiger partial charge in [-0.1, -0.05) is 45.9 Å². The Balaban J connectivity index is 2.11. The molecule has 9 nitrogen and oxygen atoms in total. The summed E-state index contributed by atoms with van der Waals surface area (Å²) in [7, 11) is 0. The van der Waals surface area contributed by atoms with Gasteiger partial charge in [-0.15, -0.1) is 0 Å². The van der Waals surface area contributed by atoms with E-state index in [0.29, 0.717) is 38.7 Å². The average molecular weight is 511 g/mol. The molecule has 0 radical (unpaired) electrons. The minimum atomic E-state index is -0.559. The van der Waals surface area contributed by atoms with Crippen LogP contribution in [0, 0.1) is 0 Å². The van der Waals surface area contributed by atoms with Crippen molar-refractivity contribution in [3.63, 3.8) is 0 Å². The van der Waals surface area contributed by atoms with Gasteiger partial charge in [0.1, 0.15) is 11.9 Å². The highest BCUT2D eigenvalue weighted by atomic mass is 35.5. The summed E-state index contributed by atoms with van der Waals surface area (Å²) in [5.74, 6) is 0.983. The molecule has 0 bridgehead atoms. The van der Waals surface area contributed by atoms with Crippen LogP contribution in [0.5, 0.6) is 0 Å². The monoisotopic (exact) mass is 510 g/mol. The molecule has 0 aromatic carbocycles. The van der Waals surface area contributed by atoms with Crippen LogP contribution in [0.4, 0.5) is 10.5 Å². The van der Waals surface area contributed by atoms with E-state index in [1.165, 1.54) is 0 Å². The van der Waals surface area contributed by atoms with Gasteiger partial charge in [0.25, 0.3) is 0 Å². The first-order valence-corrected chi connectivity index (χ1v) is 12.8. The molecule has 1 unspecified atom stereocenters. The Hall–Kier alpha value is -2.10. The fourth-order valence-corrected chi connectivity index (χ4v) is 4.28. The van der Waals surface area contributed by atoms with E-state index in [0.717, 1.165) is 17.1 Å². The van der Waals surface area contributed by atoms with Crippen molar-refractivity contribution in [2.75, 3.05) is 38.2 Å². The molecular formula is C25H43ClN6O3. The highest BCUT2D eigenvalue weighted by Crippen LogP contribution is 2.30. The Morgan fingerprint density at radius 3 is 2.31 bits per heavy atom. The first-order valence-electron chi connectivity index (χ1n) is 12.4. The topological polar surface area (TPSA) is 91.9 Å². The van der Waals surface area contributed by atoms with E-state index in [2.05, 4.69) is 59.8 Å². The number of carbonyl (C=O) groups excluding carboxylic acids is 1. The summed E-state index contributed by atoms with van der Waals surface area (Å²) in [6.07, 6.45) is 1.29. The van der Waals surface area contributed by atoms with Crippen molar-refractivity contribution in [1.29, 1.82) is 0 Å². The molecule has 1 aromatic heterocycles. The Labute approximate surface area is 215 Å². The van der Waals surface area contributed by atoms with Crippen molar-refractivity contribution >= 4 is 23.4 Å². The summed E-state index contributed by atoms with van der Waals surface area (Å²) < 4.78 is 11.3. The van der Waals surface area contributed by atoms with Crippen LogP contribution in [-0.4, -0.2) is 76.0 Å². The molecule has 2 N–H and O–H groups in total. The fraction of sp³-hybridized carbons (Fsp3) is 0.720. The van der Waals surface area contributed by atoms with Gasteiger partial charge in [-0.3, -0.25) is 4.90 Å². The lowest BCUT2D eigenvalue weighted by molar-refractivity contribution is -0.0190. The SMILES string of the molecule is C=C(Nc1c(C(C)C)ncnc1C(C)C)NC(Cl)N1CCN(C(=O)OC(C)(C)C)C[C@@H]1COCC. The summed E-state index contributed by atoms with van der Waals surface area (Å²) in [6.45, 7) is 22.6. The number of hydrogen-bond acceptors (Lipinski definition) is 8. The van der Waals surface area contributed by atoms with Gasteiger partial charge >= 0.3 is 6.09 Å². The number of amides is 1. The molecular weight excluding hydrogens is 468 g/mol. The van der Waals surface area contributed by atoms with Gasteiger partial charge in [-0.2, -0.15) is 0 Å². The summed E-state index contributed by atoms with van der Waals surface area (Å²) in [5, 5.41) is 6.62. The fourth-order valence-electron chi connectivity index (χ4n) is 3.89. The molecule has 0 spiro atoms. The predicted molar refractivity (Wildman–Crippen MR) is 141 cm³/mol. The molecule has 1 aromatic rings. The Kier molecular flexibility index (Phi) is 10.6. The van der Waals surface area contributed by atoms with E-state index in [4.69, 9.17) is 21.1 Å². The number of aromatic nitrogens is 2. The average Bonchev–Trinajstić information content (AvgIpc) is 2.75. The van der Waals surface area contributed by atoms with Crippen LogP contribution >= 0.6 is 11.6 Å². The summed E-state index contributed by atoms with van der Waals surface area (Å²) in [6, 6.07) is -0.100. The van der Waals surface area contributed by atoms with Gasteiger partial charge in [-0.25, -0.2) is 14.8 Å². The van der Waals surface area contributed by atoms with Crippen LogP contribution in [0.2, 0.25) is 0 Å². The third kappa shape index (κ3) is 8.51. The number of nitrogens with one attached hydrogen (secondary N) is 2. The maximum atomic E-state index is 12.6. The molecule has 0 saturated carbocycles. The lowest BCUT2D eigenvalue weighted by atomic mass is 10.0. The van der Waals surface area contributed by atoms with Gasteiger partial charge in [0.05, 0.1) is 35.5 Å². The van der Waals surface area contributed by atoms with Crippen molar-refractivity contribution in [3.8, 4) is 0 Å². The minimum Gasteiger partial charge on any atom is -0.444 e. The van der Waals surface area contributed by atoms with Gasteiger partial charge in [0, 0.05) is 26.2 Å². The molecule has 198 valence electrons. The zero-order valence-corrected chi connectivity index (χ0v) is 23.3. The largest absolute Gasteiger partial charge is 0.444 e. The van der Waals surface area contributed by atoms with Crippen molar-refractivity contribution in [2.24, 2.45) is 0 Å². The lowest BCUT2D eigenvalue weighted by Crippen LogP contribution is -2.61. The molecule has 2 rings (SSSR count). The molecule has 1 aliphatic rings. The zero-order valence-electron chi connectivity index (χ0n) is 22.5. The molecule has 0 aliphatic carbocycles. The van der Waals surface area contributed by atoms with Crippen molar-refractivity contribution in [1.82, 2.24) is 25.1 Å². The van der Waals surface area contributed by atoms with Crippen LogP contribution in [0.1, 0.15) is 78.6 Å². The van der Waals surface area contributed by atoms with E-state index in [1.54, 1.807) is 11.2 Å². The number of carbonyl (C=O) groups is 1. The Bertz CT molecular complexity index is 832. The highest BCUT2D eigenvalue weighted by molar-refractivity contribution is 6.20. The lowest BCUT2D eigenvalue weighted by Gasteiger charge is -2.43. The van der Waals surface area contributed by atoms with Gasteiger partial charge < -0.3 is 25.0 Å². The number of halogens is 1. The van der Waals surface area contributed by atoms with Crippen molar-refractivity contribution in [2.45, 2.75) is 84.5 Å². The number of piperazine rings is 1. The minimum absolute atomic E-state index is 0.100. The molecule has 1 aliphatic heterocycles. The Morgan fingerprint density at radius 1 is 1.20 bits per heavy atom. The van der Waals surface area contributed by atoms with Gasteiger partial charge in [0.2, 0.25) is 0 Å². The van der Waals surface area contributed by atoms with Crippen molar-refractivity contribution in [3.05, 3.63) is 30.1 Å². The van der Waals surface area contributed by atoms with E-state index in [-0.39, 0.29) is 24.0 Å². The Morgan fingerprint density at radius 2 is 1.80 bits per heavy atom. The standard InChI is InChI=1S/C25H43ClN6O3/c1-10-34-14-19-13-31(24(33)35-25(7,8)9)11-12-32(19)23(26)30-18(6)29-22-20(16(2)3)27-15-28-21(22)17(4)5/h15-17,19,23,29-30H,6,10-14H2,1-5,7-9H3/t19-,23?/m1/s1. The highest BCUT2D eigenvalue weighted by Gasteiger charge is 2.35. The first-order chi connectivity index (χ1) is 16.3. The summed E-state index contributed by atoms with van der Waals surface area (Å²) in [5.41, 5.74) is 1.61. The maximum Gasteiger partial charge on any atom is 0.410 e. The first kappa shape index (κ1) is 29.1. The number of anilines is 1. The van der Waals surface area contributed by atoms with Gasteiger partial charge in [0.15, 0.2) is 5.62 Å². The predicted octanol–water partition coefficient (Wildman–Crippen LogP) is 4.68. The molecule has 2 heterocycles. The number of hydrogen-bond donors (Lipinski definition) is 2. The molecule has 1 fully saturated rings. The zero-order chi connectivity index (χ0) is 26.3. The molecule has 1 saturated heterocycles. The molecule has 35 heavy (non-hydrogen) atoms. The van der Waals surface area contributed by atoms with E-state index >= 15 is 0 Å². The second-order valence-corrected chi connectivity index (χ2v) is 10.8. The van der Waals surface area contributed by atoms with Crippen LogP contribution in [-0.2, 0) is 9.47 Å². The van der Waals surface area contributed by atoms with E-state index < -0.39 is 11.2 Å². The number of nitrogens with zero attached hydrogens (tertiary/aromatic N) is 4. The third-order valence-electron chi connectivity index (χ3n) is 5.55. The van der Waals surface area contributed by atoms with E-state index in [1.807, 2.05) is 27.7 Å². The second kappa shape index (κ2) is 12.7. The second-order valence-electron chi connectivity index (χ2n) is 10.4. The quantitative estimate of drug-likeness (QED) is 0.346. The van der Waals surface area contributed by atoms with Crippen LogP contribution in [0.15, 0.2) is 18.7 Å². The number of alkyl halides is 1. The van der Waals surface area contributed by atoms with Gasteiger partial charge in [-0.05, 0) is 39.5 Å². The number of rotatable bonds is 10. The van der Waals surface area contributed by atoms with Crippen LogP contribution in [0.3, 0.4) is 0 Å². The third-order valence-corrected chi connectivity index (χ3v) is 5.91. The van der Waals surface area contributed by atoms with Crippen LogP contribution in [0.25, 0.3) is 0 Å². The summed E-state index contributed by atoms with van der Waals surface area (Å²) >= 11 is 6.83. The molecule has 2 atom stereocenters. The smallest absolute Gasteiger partial charge is 0.410 e. The molecule has 1 amide bonds. The van der Waals surface area contributed by atoms with Crippen LogP contribution < -0.4 is 10.6 Å².